The second-order valence-corrected chi connectivity index (χ2v) is 4.59. The minimum absolute atomic E-state index is 0.261. The quantitative estimate of drug-likeness (QED) is 0.634. The molecular formula is C15H8ClFO2. The van der Waals surface area contributed by atoms with Gasteiger partial charge in [0.2, 0.25) is 0 Å². The van der Waals surface area contributed by atoms with Crippen molar-refractivity contribution in [1.29, 1.82) is 0 Å². The van der Waals surface area contributed by atoms with Gasteiger partial charge < -0.3 is 4.42 Å². The predicted molar refractivity (Wildman–Crippen MR) is 72.0 cm³/mol. The van der Waals surface area contributed by atoms with Crippen molar-refractivity contribution in [2.45, 2.75) is 0 Å². The molecule has 0 aliphatic rings. The summed E-state index contributed by atoms with van der Waals surface area (Å²) >= 11 is 5.89. The van der Waals surface area contributed by atoms with Crippen LogP contribution in [0.3, 0.4) is 0 Å². The molecule has 1 heterocycles. The highest BCUT2D eigenvalue weighted by molar-refractivity contribution is 6.31. The Hall–Kier alpha value is -2.13. The topological polar surface area (TPSA) is 30.2 Å². The first kappa shape index (κ1) is 11.9. The number of hydrogen-bond acceptors (Lipinski definition) is 2. The number of furan rings is 1. The first-order valence-electron chi connectivity index (χ1n) is 5.61. The molecule has 0 N–H and O–H groups in total. The maximum atomic E-state index is 13.8. The molecule has 0 aliphatic heterocycles. The Balaban J connectivity index is 2.21. The zero-order valence-electron chi connectivity index (χ0n) is 9.69. The van der Waals surface area contributed by atoms with Gasteiger partial charge in [-0.25, -0.2) is 4.39 Å². The van der Waals surface area contributed by atoms with Crippen LogP contribution in [0.25, 0.3) is 22.3 Å². The summed E-state index contributed by atoms with van der Waals surface area (Å²) in [5, 5.41) is 1.38. The van der Waals surface area contributed by atoms with Crippen LogP contribution in [-0.2, 0) is 0 Å². The molecular weight excluding hydrogens is 267 g/mol. The van der Waals surface area contributed by atoms with E-state index in [0.29, 0.717) is 28.2 Å². The maximum absolute atomic E-state index is 13.8. The van der Waals surface area contributed by atoms with E-state index in [1.54, 1.807) is 24.3 Å². The largest absolute Gasteiger partial charge is 0.456 e. The van der Waals surface area contributed by atoms with E-state index in [4.69, 9.17) is 16.0 Å². The summed E-state index contributed by atoms with van der Waals surface area (Å²) in [5.74, 6) is -0.0609. The summed E-state index contributed by atoms with van der Waals surface area (Å²) in [6.07, 6.45) is 0.669. The van der Waals surface area contributed by atoms with Gasteiger partial charge in [-0.2, -0.15) is 0 Å². The number of hydrogen-bond donors (Lipinski definition) is 0. The highest BCUT2D eigenvalue weighted by Crippen LogP contribution is 2.31. The van der Waals surface area contributed by atoms with Crippen molar-refractivity contribution >= 4 is 28.9 Å². The highest BCUT2D eigenvalue weighted by atomic mass is 35.5. The lowest BCUT2D eigenvalue weighted by Crippen LogP contribution is -1.86. The highest BCUT2D eigenvalue weighted by Gasteiger charge is 2.11. The summed E-state index contributed by atoms with van der Waals surface area (Å²) in [7, 11) is 0. The van der Waals surface area contributed by atoms with Crippen molar-refractivity contribution in [3.63, 3.8) is 0 Å². The molecule has 2 aromatic carbocycles. The van der Waals surface area contributed by atoms with Crippen molar-refractivity contribution < 1.29 is 13.6 Å². The number of rotatable bonds is 2. The zero-order chi connectivity index (χ0) is 13.4. The van der Waals surface area contributed by atoms with Gasteiger partial charge in [-0.05, 0) is 42.5 Å². The SMILES string of the molecule is O=Cc1ccc(F)c(-c2cc3cc(Cl)ccc3o2)c1. The summed E-state index contributed by atoms with van der Waals surface area (Å²) in [5.41, 5.74) is 1.28. The second kappa shape index (κ2) is 4.52. The summed E-state index contributed by atoms with van der Waals surface area (Å²) in [4.78, 5) is 10.7. The van der Waals surface area contributed by atoms with E-state index in [9.17, 15) is 9.18 Å². The van der Waals surface area contributed by atoms with Crippen LogP contribution in [0.2, 0.25) is 5.02 Å². The lowest BCUT2D eigenvalue weighted by molar-refractivity contribution is 0.112. The fraction of sp³-hybridized carbons (Fsp3) is 0. The Bertz CT molecular complexity index is 777. The van der Waals surface area contributed by atoms with E-state index in [1.165, 1.54) is 18.2 Å². The van der Waals surface area contributed by atoms with Crippen LogP contribution < -0.4 is 0 Å². The molecule has 4 heteroatoms. The van der Waals surface area contributed by atoms with Crippen LogP contribution in [0.5, 0.6) is 0 Å². The fourth-order valence-corrected chi connectivity index (χ4v) is 2.13. The average molecular weight is 275 g/mol. The molecule has 3 aromatic rings. The van der Waals surface area contributed by atoms with E-state index < -0.39 is 5.82 Å². The molecule has 19 heavy (non-hydrogen) atoms. The Kier molecular flexibility index (Phi) is 2.84. The van der Waals surface area contributed by atoms with E-state index in [1.807, 2.05) is 0 Å². The normalized spacial score (nSPS) is 10.8. The van der Waals surface area contributed by atoms with Crippen molar-refractivity contribution in [2.75, 3.05) is 0 Å². The van der Waals surface area contributed by atoms with Gasteiger partial charge in [-0.3, -0.25) is 4.79 Å². The van der Waals surface area contributed by atoms with Gasteiger partial charge in [0.15, 0.2) is 0 Å². The molecule has 0 saturated carbocycles. The number of carbonyl (C=O) groups is 1. The van der Waals surface area contributed by atoms with Gasteiger partial charge in [0.1, 0.15) is 23.4 Å². The number of halogens is 2. The van der Waals surface area contributed by atoms with Crippen LogP contribution in [0, 0.1) is 5.82 Å². The molecule has 0 atom stereocenters. The van der Waals surface area contributed by atoms with Crippen molar-refractivity contribution in [1.82, 2.24) is 0 Å². The molecule has 0 spiro atoms. The lowest BCUT2D eigenvalue weighted by atomic mass is 10.1. The number of aldehydes is 1. The first-order chi connectivity index (χ1) is 9.17. The van der Waals surface area contributed by atoms with Crippen LogP contribution in [0.15, 0.2) is 46.9 Å². The van der Waals surface area contributed by atoms with Crippen LogP contribution in [0.4, 0.5) is 4.39 Å². The van der Waals surface area contributed by atoms with E-state index in [2.05, 4.69) is 0 Å². The van der Waals surface area contributed by atoms with Gasteiger partial charge in [-0.15, -0.1) is 0 Å². The van der Waals surface area contributed by atoms with E-state index in [-0.39, 0.29) is 5.56 Å². The third-order valence-electron chi connectivity index (χ3n) is 2.87. The second-order valence-electron chi connectivity index (χ2n) is 4.15. The molecule has 0 bridgehead atoms. The minimum Gasteiger partial charge on any atom is -0.456 e. The molecule has 0 unspecified atom stereocenters. The third-order valence-corrected chi connectivity index (χ3v) is 3.11. The van der Waals surface area contributed by atoms with Gasteiger partial charge in [0.25, 0.3) is 0 Å². The van der Waals surface area contributed by atoms with E-state index in [0.717, 1.165) is 5.39 Å². The Labute approximate surface area is 113 Å². The molecule has 0 fully saturated rings. The average Bonchev–Trinajstić information content (AvgIpc) is 2.82. The Morgan fingerprint density at radius 3 is 2.74 bits per heavy atom. The van der Waals surface area contributed by atoms with Gasteiger partial charge in [0, 0.05) is 16.0 Å². The molecule has 0 amide bonds. The maximum Gasteiger partial charge on any atom is 0.150 e. The monoisotopic (exact) mass is 274 g/mol. The fourth-order valence-electron chi connectivity index (χ4n) is 1.95. The lowest BCUT2D eigenvalue weighted by Gasteiger charge is -1.99. The molecule has 0 radical (unpaired) electrons. The van der Waals surface area contributed by atoms with Gasteiger partial charge in [0.05, 0.1) is 5.56 Å². The Morgan fingerprint density at radius 1 is 1.11 bits per heavy atom. The zero-order valence-corrected chi connectivity index (χ0v) is 10.4. The molecule has 3 rings (SSSR count). The number of benzene rings is 2. The molecule has 1 aromatic heterocycles. The van der Waals surface area contributed by atoms with Crippen LogP contribution >= 0.6 is 11.6 Å². The van der Waals surface area contributed by atoms with E-state index >= 15 is 0 Å². The molecule has 0 saturated heterocycles. The molecule has 94 valence electrons. The smallest absolute Gasteiger partial charge is 0.150 e. The predicted octanol–water partition coefficient (Wildman–Crippen LogP) is 4.70. The summed E-state index contributed by atoms with van der Waals surface area (Å²) in [6.45, 7) is 0. The minimum atomic E-state index is -0.434. The summed E-state index contributed by atoms with van der Waals surface area (Å²) in [6, 6.07) is 11.0. The van der Waals surface area contributed by atoms with Gasteiger partial charge in [-0.1, -0.05) is 11.6 Å². The summed E-state index contributed by atoms with van der Waals surface area (Å²) < 4.78 is 19.4. The van der Waals surface area contributed by atoms with Crippen LogP contribution in [0.1, 0.15) is 10.4 Å². The Morgan fingerprint density at radius 2 is 1.95 bits per heavy atom. The number of fused-ring (bicyclic) bond motifs is 1. The van der Waals surface area contributed by atoms with Crippen molar-refractivity contribution in [2.24, 2.45) is 0 Å². The van der Waals surface area contributed by atoms with Crippen molar-refractivity contribution in [3.05, 3.63) is 58.9 Å². The molecule has 2 nitrogen and oxygen atoms in total. The van der Waals surface area contributed by atoms with Crippen molar-refractivity contribution in [3.8, 4) is 11.3 Å². The number of carbonyl (C=O) groups excluding carboxylic acids is 1. The first-order valence-corrected chi connectivity index (χ1v) is 5.99. The molecule has 0 aliphatic carbocycles. The third kappa shape index (κ3) is 2.13. The van der Waals surface area contributed by atoms with Crippen LogP contribution in [-0.4, -0.2) is 6.29 Å². The van der Waals surface area contributed by atoms with Gasteiger partial charge >= 0.3 is 0 Å². The standard InChI is InChI=1S/C15H8ClFO2/c16-11-2-4-14-10(6-11)7-15(19-14)12-5-9(8-18)1-3-13(12)17/h1-8H.